The number of nitrogens with zero attached hydrogens (tertiary/aromatic N) is 1. The average molecular weight is 374 g/mol. The number of hydrogen-bond donors (Lipinski definition) is 1. The maximum Gasteiger partial charge on any atom is 0.329 e. The topological polar surface area (TPSA) is 92.8 Å². The highest BCUT2D eigenvalue weighted by atomic mass is 19.1. The first-order chi connectivity index (χ1) is 12.9. The molecule has 1 heterocycles. The van der Waals surface area contributed by atoms with Crippen molar-refractivity contribution in [1.29, 1.82) is 0 Å². The van der Waals surface area contributed by atoms with Crippen molar-refractivity contribution in [2.45, 2.75) is 25.8 Å². The predicted molar refractivity (Wildman–Crippen MR) is 92.7 cm³/mol. The minimum atomic E-state index is -1.11. The van der Waals surface area contributed by atoms with Gasteiger partial charge in [0.1, 0.15) is 11.9 Å². The smallest absolute Gasteiger partial charge is 0.329 e. The highest BCUT2D eigenvalue weighted by Gasteiger charge is 2.50. The summed E-state index contributed by atoms with van der Waals surface area (Å²) in [4.78, 5) is 49.9. The van der Waals surface area contributed by atoms with Crippen LogP contribution in [0.15, 0.2) is 36.4 Å². The van der Waals surface area contributed by atoms with E-state index >= 15 is 0 Å². The fraction of sp³-hybridized carbons (Fsp3) is 0.368. The number of likely N-dealkylation sites (tertiary alicyclic amines) is 1. The lowest BCUT2D eigenvalue weighted by molar-refractivity contribution is -0.159. The molecule has 1 fully saturated rings. The van der Waals surface area contributed by atoms with Crippen LogP contribution >= 0.6 is 0 Å². The van der Waals surface area contributed by atoms with Crippen LogP contribution in [0.1, 0.15) is 19.8 Å². The fourth-order valence-corrected chi connectivity index (χ4v) is 3.33. The molecule has 1 aliphatic carbocycles. The van der Waals surface area contributed by atoms with Gasteiger partial charge in [0.05, 0.1) is 11.8 Å². The third-order valence-corrected chi connectivity index (χ3v) is 4.72. The highest BCUT2D eigenvalue weighted by molar-refractivity contribution is 6.08. The van der Waals surface area contributed by atoms with E-state index in [0.29, 0.717) is 12.8 Å². The molecule has 3 amide bonds. The molecule has 142 valence electrons. The van der Waals surface area contributed by atoms with E-state index < -0.39 is 42.2 Å². The van der Waals surface area contributed by atoms with Gasteiger partial charge < -0.3 is 10.1 Å². The Bertz CT molecular complexity index is 796. The van der Waals surface area contributed by atoms with Gasteiger partial charge in [-0.15, -0.1) is 0 Å². The van der Waals surface area contributed by atoms with Crippen LogP contribution in [-0.4, -0.2) is 41.2 Å². The molecule has 8 heteroatoms. The summed E-state index contributed by atoms with van der Waals surface area (Å²) < 4.78 is 18.0. The second-order valence-corrected chi connectivity index (χ2v) is 6.54. The number of nitrogens with one attached hydrogen (secondary N) is 1. The van der Waals surface area contributed by atoms with Crippen LogP contribution in [0, 0.1) is 17.7 Å². The Labute approximate surface area is 155 Å². The number of halogens is 1. The molecule has 27 heavy (non-hydrogen) atoms. The first-order valence-electron chi connectivity index (χ1n) is 8.62. The van der Waals surface area contributed by atoms with Crippen LogP contribution in [0.2, 0.25) is 0 Å². The molecule has 0 unspecified atom stereocenters. The average Bonchev–Trinajstić information content (AvgIpc) is 2.90. The van der Waals surface area contributed by atoms with Crippen molar-refractivity contribution in [1.82, 2.24) is 4.90 Å². The van der Waals surface area contributed by atoms with Crippen LogP contribution in [0.4, 0.5) is 10.1 Å². The van der Waals surface area contributed by atoms with Crippen molar-refractivity contribution in [2.75, 3.05) is 11.9 Å². The van der Waals surface area contributed by atoms with Crippen molar-refractivity contribution in [3.63, 3.8) is 0 Å². The summed E-state index contributed by atoms with van der Waals surface area (Å²) in [7, 11) is 0. The summed E-state index contributed by atoms with van der Waals surface area (Å²) in [5.41, 5.74) is 0.227. The molecule has 0 aromatic heterocycles. The largest absolute Gasteiger partial charge is 0.454 e. The molecule has 1 aromatic carbocycles. The van der Waals surface area contributed by atoms with Crippen molar-refractivity contribution in [2.24, 2.45) is 11.8 Å². The van der Waals surface area contributed by atoms with Crippen LogP contribution in [-0.2, 0) is 23.9 Å². The molecule has 1 aromatic rings. The Balaban J connectivity index is 1.55. The maximum atomic E-state index is 13.1. The first-order valence-corrected chi connectivity index (χ1v) is 8.62. The van der Waals surface area contributed by atoms with E-state index in [1.165, 1.54) is 25.1 Å². The summed E-state index contributed by atoms with van der Waals surface area (Å²) in [5, 5.41) is 2.39. The molecule has 3 atom stereocenters. The molecule has 0 radical (unpaired) electrons. The number of rotatable bonds is 5. The van der Waals surface area contributed by atoms with Gasteiger partial charge in [0.2, 0.25) is 11.8 Å². The number of hydrogen-bond acceptors (Lipinski definition) is 5. The minimum Gasteiger partial charge on any atom is -0.454 e. The lowest BCUT2D eigenvalue weighted by Gasteiger charge is -2.21. The standard InChI is InChI=1S/C19H19FN2O5/c1-11(22-17(24)14-7-2-3-8-15(14)18(22)25)19(26)27-10-16(23)21-13-6-4-5-12(20)9-13/h2-6,9,11,14-15H,7-8,10H2,1H3,(H,21,23)/t11-,14+,15+/m0/s1. The van der Waals surface area contributed by atoms with Gasteiger partial charge in [0, 0.05) is 5.69 Å². The molecular formula is C19H19FN2O5. The second-order valence-electron chi connectivity index (χ2n) is 6.54. The highest BCUT2D eigenvalue weighted by Crippen LogP contribution is 2.36. The Kier molecular flexibility index (Phi) is 5.34. The number of ether oxygens (including phenoxy) is 1. The van der Waals surface area contributed by atoms with Crippen LogP contribution in [0.5, 0.6) is 0 Å². The molecule has 7 nitrogen and oxygen atoms in total. The number of esters is 1. The zero-order valence-electron chi connectivity index (χ0n) is 14.7. The third kappa shape index (κ3) is 3.89. The van der Waals surface area contributed by atoms with Crippen molar-refractivity contribution >= 4 is 29.4 Å². The number of fused-ring (bicyclic) bond motifs is 1. The van der Waals surface area contributed by atoms with E-state index in [1.54, 1.807) is 0 Å². The maximum absolute atomic E-state index is 13.1. The number of carbonyl (C=O) groups excluding carboxylic acids is 4. The Hall–Kier alpha value is -3.03. The minimum absolute atomic E-state index is 0.227. The van der Waals surface area contributed by atoms with Crippen LogP contribution < -0.4 is 5.32 Å². The molecule has 0 saturated carbocycles. The lowest BCUT2D eigenvalue weighted by atomic mass is 9.85. The second kappa shape index (κ2) is 7.69. The molecule has 3 rings (SSSR count). The fourth-order valence-electron chi connectivity index (χ4n) is 3.33. The van der Waals surface area contributed by atoms with Gasteiger partial charge in [-0.05, 0) is 38.0 Å². The lowest BCUT2D eigenvalue weighted by Crippen LogP contribution is -2.45. The summed E-state index contributed by atoms with van der Waals surface area (Å²) in [6, 6.07) is 4.16. The number of benzene rings is 1. The number of anilines is 1. The number of imide groups is 1. The molecule has 0 spiro atoms. The number of allylic oxidation sites excluding steroid dienone is 2. The van der Waals surface area contributed by atoms with Crippen LogP contribution in [0.3, 0.4) is 0 Å². The first kappa shape index (κ1) is 18.8. The molecule has 2 aliphatic rings. The zero-order valence-corrected chi connectivity index (χ0v) is 14.7. The third-order valence-electron chi connectivity index (χ3n) is 4.72. The summed E-state index contributed by atoms with van der Waals surface area (Å²) in [6.07, 6.45) is 4.66. The quantitative estimate of drug-likeness (QED) is 0.481. The molecule has 1 saturated heterocycles. The number of amides is 3. The summed E-state index contributed by atoms with van der Waals surface area (Å²) in [6.45, 7) is 0.789. The van der Waals surface area contributed by atoms with Gasteiger partial charge in [0.15, 0.2) is 6.61 Å². The SMILES string of the molecule is C[C@@H](C(=O)OCC(=O)Nc1cccc(F)c1)N1C(=O)[C@@H]2CC=CC[C@H]2C1=O. The summed E-state index contributed by atoms with van der Waals surface area (Å²) >= 11 is 0. The zero-order chi connectivity index (χ0) is 19.6. The molecule has 1 N–H and O–H groups in total. The summed E-state index contributed by atoms with van der Waals surface area (Å²) in [5.74, 6) is -3.66. The van der Waals surface area contributed by atoms with Crippen molar-refractivity contribution in [3.8, 4) is 0 Å². The predicted octanol–water partition coefficient (Wildman–Crippen LogP) is 1.65. The number of carbonyl (C=O) groups is 4. The van der Waals surface area contributed by atoms with E-state index in [4.69, 9.17) is 4.74 Å². The molecular weight excluding hydrogens is 355 g/mol. The Morgan fingerprint density at radius 3 is 2.44 bits per heavy atom. The van der Waals surface area contributed by atoms with Gasteiger partial charge in [-0.1, -0.05) is 18.2 Å². The van der Waals surface area contributed by atoms with Crippen molar-refractivity contribution in [3.05, 3.63) is 42.2 Å². The Morgan fingerprint density at radius 1 is 1.22 bits per heavy atom. The van der Waals surface area contributed by atoms with Gasteiger partial charge in [0.25, 0.3) is 5.91 Å². The molecule has 1 aliphatic heterocycles. The Morgan fingerprint density at radius 2 is 1.85 bits per heavy atom. The molecule has 0 bridgehead atoms. The van der Waals surface area contributed by atoms with Gasteiger partial charge in [-0.3, -0.25) is 19.3 Å². The van der Waals surface area contributed by atoms with Crippen LogP contribution in [0.25, 0.3) is 0 Å². The van der Waals surface area contributed by atoms with E-state index in [1.807, 2.05) is 12.2 Å². The van der Waals surface area contributed by atoms with E-state index in [-0.39, 0.29) is 17.5 Å². The normalized spacial score (nSPS) is 22.4. The van der Waals surface area contributed by atoms with Gasteiger partial charge in [-0.2, -0.15) is 0 Å². The van der Waals surface area contributed by atoms with Gasteiger partial charge in [-0.25, -0.2) is 9.18 Å². The van der Waals surface area contributed by atoms with E-state index in [0.717, 1.165) is 11.0 Å². The van der Waals surface area contributed by atoms with E-state index in [9.17, 15) is 23.6 Å². The van der Waals surface area contributed by atoms with Crippen molar-refractivity contribution < 1.29 is 28.3 Å². The van der Waals surface area contributed by atoms with Gasteiger partial charge >= 0.3 is 5.97 Å². The monoisotopic (exact) mass is 374 g/mol. The van der Waals surface area contributed by atoms with E-state index in [2.05, 4.69) is 5.32 Å².